The zero-order valence-electron chi connectivity index (χ0n) is 5.94. The van der Waals surface area contributed by atoms with Gasteiger partial charge in [0.2, 0.25) is 0 Å². The van der Waals surface area contributed by atoms with Gasteiger partial charge in [0.1, 0.15) is 0 Å². The molecule has 0 radical (unpaired) electrons. The summed E-state index contributed by atoms with van der Waals surface area (Å²) in [4.78, 5) is 7.58. The highest BCUT2D eigenvalue weighted by molar-refractivity contribution is 7.87. The van der Waals surface area contributed by atoms with Crippen LogP contribution in [0, 0.1) is 0 Å². The first-order valence-corrected chi connectivity index (χ1v) is 3.95. The molecular weight excluding hydrogens is 176 g/mol. The van der Waals surface area contributed by atoms with Crippen molar-refractivity contribution in [2.24, 2.45) is 0 Å². The molecule has 0 aromatic carbocycles. The van der Waals surface area contributed by atoms with Crippen LogP contribution in [0.1, 0.15) is 6.92 Å². The maximum atomic E-state index is 10.5. The van der Waals surface area contributed by atoms with E-state index in [0.717, 1.165) is 7.11 Å². The lowest BCUT2D eigenvalue weighted by Crippen LogP contribution is -2.43. The summed E-state index contributed by atoms with van der Waals surface area (Å²) in [6.45, 7) is 0.619. The van der Waals surface area contributed by atoms with Crippen molar-refractivity contribution in [1.82, 2.24) is 0 Å². The first-order valence-electron chi connectivity index (χ1n) is 2.51. The third kappa shape index (κ3) is 1.88. The van der Waals surface area contributed by atoms with Crippen LogP contribution < -0.4 is 0 Å². The lowest BCUT2D eigenvalue weighted by atomic mass is 10.4. The van der Waals surface area contributed by atoms with Crippen molar-refractivity contribution in [2.75, 3.05) is 7.11 Å². The number of hydrogen-bond donors (Lipinski definition) is 2. The normalized spacial score (nSPS) is 17.1. The zero-order chi connectivity index (χ0) is 9.28. The van der Waals surface area contributed by atoms with E-state index >= 15 is 0 Å². The van der Waals surface area contributed by atoms with Gasteiger partial charge < -0.3 is 9.84 Å². The van der Waals surface area contributed by atoms with Gasteiger partial charge in [-0.3, -0.25) is 4.55 Å². The quantitative estimate of drug-likeness (QED) is 0.411. The molecule has 0 aliphatic heterocycles. The summed E-state index contributed by atoms with van der Waals surface area (Å²) in [6.07, 6.45) is 0. The number of rotatable bonds is 2. The van der Waals surface area contributed by atoms with Gasteiger partial charge in [0.15, 0.2) is 0 Å². The zero-order valence-corrected chi connectivity index (χ0v) is 6.75. The van der Waals surface area contributed by atoms with Gasteiger partial charge in [-0.15, -0.1) is 0 Å². The molecule has 0 saturated heterocycles. The number of esters is 1. The highest BCUT2D eigenvalue weighted by Crippen LogP contribution is 2.12. The van der Waals surface area contributed by atoms with Gasteiger partial charge in [0.05, 0.1) is 7.11 Å². The van der Waals surface area contributed by atoms with Crippen LogP contribution in [0.4, 0.5) is 0 Å². The fraction of sp³-hybridized carbons (Fsp3) is 0.750. The molecular formula is C4H8O6S. The third-order valence-electron chi connectivity index (χ3n) is 1.07. The Morgan fingerprint density at radius 1 is 1.55 bits per heavy atom. The minimum Gasteiger partial charge on any atom is -0.466 e. The van der Waals surface area contributed by atoms with Gasteiger partial charge in [-0.05, 0) is 6.92 Å². The second kappa shape index (κ2) is 2.76. The van der Waals surface area contributed by atoms with E-state index in [-0.39, 0.29) is 0 Å². The molecule has 2 N–H and O–H groups in total. The molecule has 7 heteroatoms. The number of methoxy groups -OCH3 is 1. The lowest BCUT2D eigenvalue weighted by Gasteiger charge is -2.15. The van der Waals surface area contributed by atoms with E-state index in [0.29, 0.717) is 6.92 Å². The summed E-state index contributed by atoms with van der Waals surface area (Å²) in [5.74, 6) is -1.43. The third-order valence-corrected chi connectivity index (χ3v) is 2.24. The molecule has 0 aliphatic rings. The van der Waals surface area contributed by atoms with Crippen LogP contribution in [0.3, 0.4) is 0 Å². The van der Waals surface area contributed by atoms with E-state index in [1.165, 1.54) is 0 Å². The molecule has 1 atom stereocenters. The molecule has 11 heavy (non-hydrogen) atoms. The molecule has 6 nitrogen and oxygen atoms in total. The van der Waals surface area contributed by atoms with Crippen molar-refractivity contribution in [1.29, 1.82) is 0 Å². The average Bonchev–Trinajstić information content (AvgIpc) is 1.83. The summed E-state index contributed by atoms with van der Waals surface area (Å²) >= 11 is 0. The van der Waals surface area contributed by atoms with Crippen molar-refractivity contribution < 1.29 is 27.6 Å². The number of carbonyl (C=O) groups excluding carboxylic acids is 1. The molecule has 0 aromatic heterocycles. The van der Waals surface area contributed by atoms with Crippen LogP contribution >= 0.6 is 0 Å². The smallest absolute Gasteiger partial charge is 0.356 e. The standard InChI is InChI=1S/C4H8O6S/c1-4(6,3(5)10-2)11(7,8)9/h6H,1-2H3,(H,7,8,9). The number of hydrogen-bond acceptors (Lipinski definition) is 5. The summed E-state index contributed by atoms with van der Waals surface area (Å²) in [6, 6.07) is 0. The van der Waals surface area contributed by atoms with Gasteiger partial charge in [-0.2, -0.15) is 8.42 Å². The first-order chi connectivity index (χ1) is 4.73. The van der Waals surface area contributed by atoms with Gasteiger partial charge in [0, 0.05) is 0 Å². The van der Waals surface area contributed by atoms with Crippen LogP contribution in [0.25, 0.3) is 0 Å². The van der Waals surface area contributed by atoms with Crippen LogP contribution in [-0.2, 0) is 19.6 Å². The number of ether oxygens (including phenoxy) is 1. The lowest BCUT2D eigenvalue weighted by molar-refractivity contribution is -0.153. The van der Waals surface area contributed by atoms with Crippen molar-refractivity contribution >= 4 is 16.1 Å². The van der Waals surface area contributed by atoms with E-state index in [1.807, 2.05) is 0 Å². The van der Waals surface area contributed by atoms with Crippen LogP contribution in [0.5, 0.6) is 0 Å². The second-order valence-corrected chi connectivity index (χ2v) is 3.69. The molecule has 0 aromatic rings. The molecule has 0 bridgehead atoms. The minimum absolute atomic E-state index is 0.619. The van der Waals surface area contributed by atoms with E-state index in [4.69, 9.17) is 9.66 Å². The Bertz CT molecular complexity index is 250. The largest absolute Gasteiger partial charge is 0.466 e. The SMILES string of the molecule is COC(=O)C(C)(O)S(=O)(=O)O. The average molecular weight is 184 g/mol. The predicted octanol–water partition coefficient (Wildman–Crippen LogP) is -1.24. The fourth-order valence-corrected chi connectivity index (χ4v) is 0.589. The highest BCUT2D eigenvalue weighted by atomic mass is 32.2. The molecule has 0 rings (SSSR count). The van der Waals surface area contributed by atoms with Gasteiger partial charge >= 0.3 is 16.1 Å². The Morgan fingerprint density at radius 3 is 2.00 bits per heavy atom. The number of aliphatic hydroxyl groups is 1. The van der Waals surface area contributed by atoms with Gasteiger partial charge in [0.25, 0.3) is 4.93 Å². The number of carbonyl (C=O) groups is 1. The monoisotopic (exact) mass is 184 g/mol. The predicted molar refractivity (Wildman–Crippen MR) is 34.2 cm³/mol. The molecule has 66 valence electrons. The highest BCUT2D eigenvalue weighted by Gasteiger charge is 2.44. The van der Waals surface area contributed by atoms with E-state index < -0.39 is 21.0 Å². The summed E-state index contributed by atoms with van der Waals surface area (Å²) in [7, 11) is -3.94. The van der Waals surface area contributed by atoms with E-state index in [2.05, 4.69) is 4.74 Å². The van der Waals surface area contributed by atoms with Crippen molar-refractivity contribution in [3.8, 4) is 0 Å². The van der Waals surface area contributed by atoms with Crippen LogP contribution in [0.15, 0.2) is 0 Å². The summed E-state index contributed by atoms with van der Waals surface area (Å²) < 4.78 is 32.7. The minimum atomic E-state index is -4.83. The molecule has 0 fully saturated rings. The molecule has 0 amide bonds. The fourth-order valence-electron chi connectivity index (χ4n) is 0.295. The molecule has 0 saturated carbocycles. The topological polar surface area (TPSA) is 101 Å². The summed E-state index contributed by atoms with van der Waals surface area (Å²) in [5, 5.41) is 8.81. The van der Waals surface area contributed by atoms with Crippen molar-refractivity contribution in [3.05, 3.63) is 0 Å². The first kappa shape index (κ1) is 10.3. The van der Waals surface area contributed by atoms with Crippen LogP contribution in [0.2, 0.25) is 0 Å². The Balaban J connectivity index is 4.90. The molecule has 0 aliphatic carbocycles. The van der Waals surface area contributed by atoms with Crippen molar-refractivity contribution in [2.45, 2.75) is 11.9 Å². The van der Waals surface area contributed by atoms with E-state index in [9.17, 15) is 13.2 Å². The van der Waals surface area contributed by atoms with Crippen LogP contribution in [-0.4, -0.2) is 36.1 Å². The van der Waals surface area contributed by atoms with Gasteiger partial charge in [-0.1, -0.05) is 0 Å². The molecule has 1 unspecified atom stereocenters. The Morgan fingerprint density at radius 2 is 1.91 bits per heavy atom. The molecule has 0 spiro atoms. The second-order valence-electron chi connectivity index (χ2n) is 1.95. The Kier molecular flexibility index (Phi) is 2.60. The summed E-state index contributed by atoms with van der Waals surface area (Å²) in [5.41, 5.74) is 0. The van der Waals surface area contributed by atoms with E-state index in [1.54, 1.807) is 0 Å². The molecule has 0 heterocycles. The van der Waals surface area contributed by atoms with Gasteiger partial charge in [-0.25, -0.2) is 4.79 Å². The Hall–Kier alpha value is -0.660. The maximum Gasteiger partial charge on any atom is 0.356 e. The Labute approximate surface area is 63.5 Å². The van der Waals surface area contributed by atoms with Crippen molar-refractivity contribution in [3.63, 3.8) is 0 Å². The maximum absolute atomic E-state index is 10.5.